The SMILES string of the molecule is CCC1=[C]C(C)(C)C(CC)=C1CC. The summed E-state index contributed by atoms with van der Waals surface area (Å²) in [7, 11) is 0. The largest absolute Gasteiger partial charge is 0.0616 e. The van der Waals surface area contributed by atoms with Gasteiger partial charge in [-0.3, -0.25) is 0 Å². The molecule has 0 nitrogen and oxygen atoms in total. The molecule has 0 aromatic rings. The van der Waals surface area contributed by atoms with Crippen LogP contribution in [0.2, 0.25) is 0 Å². The van der Waals surface area contributed by atoms with Gasteiger partial charge in [-0.2, -0.15) is 0 Å². The van der Waals surface area contributed by atoms with Gasteiger partial charge in [0, 0.05) is 5.41 Å². The first-order valence-electron chi connectivity index (χ1n) is 5.43. The van der Waals surface area contributed by atoms with Crippen molar-refractivity contribution in [2.75, 3.05) is 0 Å². The summed E-state index contributed by atoms with van der Waals surface area (Å²) in [6, 6.07) is 0. The van der Waals surface area contributed by atoms with E-state index in [9.17, 15) is 0 Å². The summed E-state index contributed by atoms with van der Waals surface area (Å²) >= 11 is 0. The molecule has 73 valence electrons. The minimum Gasteiger partial charge on any atom is -0.0616 e. The van der Waals surface area contributed by atoms with Gasteiger partial charge in [-0.05, 0) is 36.5 Å². The molecule has 0 bridgehead atoms. The van der Waals surface area contributed by atoms with Crippen LogP contribution in [0.4, 0.5) is 0 Å². The fraction of sp³-hybridized carbons (Fsp3) is 0.692. The number of allylic oxidation sites excluding steroid dienone is 4. The zero-order valence-electron chi connectivity index (χ0n) is 9.62. The monoisotopic (exact) mass is 177 g/mol. The molecular formula is C13H21. The Morgan fingerprint density at radius 3 is 2.00 bits per heavy atom. The molecule has 0 atom stereocenters. The number of hydrogen-bond acceptors (Lipinski definition) is 0. The Bertz CT molecular complexity index is 251. The van der Waals surface area contributed by atoms with Crippen molar-refractivity contribution in [1.82, 2.24) is 0 Å². The van der Waals surface area contributed by atoms with Gasteiger partial charge in [0.05, 0.1) is 0 Å². The second-order valence-corrected chi connectivity index (χ2v) is 4.25. The molecule has 0 saturated heterocycles. The van der Waals surface area contributed by atoms with E-state index in [0.717, 1.165) is 6.42 Å². The third-order valence-electron chi connectivity index (χ3n) is 3.01. The van der Waals surface area contributed by atoms with E-state index >= 15 is 0 Å². The first-order chi connectivity index (χ1) is 6.06. The van der Waals surface area contributed by atoms with E-state index in [1.165, 1.54) is 18.4 Å². The molecule has 0 fully saturated rings. The predicted molar refractivity (Wildman–Crippen MR) is 58.4 cm³/mol. The van der Waals surface area contributed by atoms with Gasteiger partial charge in [-0.1, -0.05) is 40.2 Å². The van der Waals surface area contributed by atoms with Crippen LogP contribution in [0.3, 0.4) is 0 Å². The van der Waals surface area contributed by atoms with Gasteiger partial charge in [0.15, 0.2) is 0 Å². The standard InChI is InChI=1S/C13H21/c1-6-10-9-13(4,5)12(8-3)11(10)7-2/h6-8H2,1-5H3. The first kappa shape index (κ1) is 10.6. The molecule has 1 rings (SSSR count). The van der Waals surface area contributed by atoms with Crippen LogP contribution in [0.25, 0.3) is 0 Å². The zero-order valence-corrected chi connectivity index (χ0v) is 9.62. The summed E-state index contributed by atoms with van der Waals surface area (Å²) in [4.78, 5) is 0. The van der Waals surface area contributed by atoms with Crippen molar-refractivity contribution < 1.29 is 0 Å². The summed E-state index contributed by atoms with van der Waals surface area (Å²) in [5.74, 6) is 0. The van der Waals surface area contributed by atoms with Gasteiger partial charge in [0.25, 0.3) is 0 Å². The van der Waals surface area contributed by atoms with E-state index in [-0.39, 0.29) is 5.41 Å². The molecular weight excluding hydrogens is 156 g/mol. The lowest BCUT2D eigenvalue weighted by Crippen LogP contribution is -2.08. The Morgan fingerprint density at radius 1 is 1.00 bits per heavy atom. The van der Waals surface area contributed by atoms with E-state index in [1.807, 2.05) is 0 Å². The van der Waals surface area contributed by atoms with Crippen molar-refractivity contribution in [3.63, 3.8) is 0 Å². The Kier molecular flexibility index (Phi) is 3.00. The molecule has 0 saturated carbocycles. The van der Waals surface area contributed by atoms with Crippen molar-refractivity contribution >= 4 is 0 Å². The van der Waals surface area contributed by atoms with E-state index in [4.69, 9.17) is 0 Å². The van der Waals surface area contributed by atoms with Crippen LogP contribution in [-0.4, -0.2) is 0 Å². The average molecular weight is 177 g/mol. The van der Waals surface area contributed by atoms with Gasteiger partial charge in [-0.25, -0.2) is 0 Å². The van der Waals surface area contributed by atoms with E-state index < -0.39 is 0 Å². The van der Waals surface area contributed by atoms with Crippen LogP contribution >= 0.6 is 0 Å². The molecule has 0 aliphatic heterocycles. The lowest BCUT2D eigenvalue weighted by molar-refractivity contribution is 0.547. The molecule has 13 heavy (non-hydrogen) atoms. The fourth-order valence-electron chi connectivity index (χ4n) is 2.47. The van der Waals surface area contributed by atoms with Crippen molar-refractivity contribution in [2.24, 2.45) is 5.41 Å². The van der Waals surface area contributed by atoms with Gasteiger partial charge in [0.2, 0.25) is 0 Å². The molecule has 1 aliphatic rings. The van der Waals surface area contributed by atoms with E-state index in [0.29, 0.717) is 0 Å². The molecule has 0 heterocycles. The Labute approximate surface area is 82.7 Å². The zero-order chi connectivity index (χ0) is 10.1. The Hall–Kier alpha value is -0.520. The van der Waals surface area contributed by atoms with Crippen LogP contribution in [-0.2, 0) is 0 Å². The molecule has 1 radical (unpaired) electrons. The van der Waals surface area contributed by atoms with Crippen molar-refractivity contribution in [1.29, 1.82) is 0 Å². The highest BCUT2D eigenvalue weighted by molar-refractivity contribution is 5.44. The van der Waals surface area contributed by atoms with E-state index in [1.54, 1.807) is 11.1 Å². The second-order valence-electron chi connectivity index (χ2n) is 4.25. The quantitative estimate of drug-likeness (QED) is 0.603. The highest BCUT2D eigenvalue weighted by Crippen LogP contribution is 2.43. The summed E-state index contributed by atoms with van der Waals surface area (Å²) in [5.41, 5.74) is 4.84. The maximum absolute atomic E-state index is 3.62. The highest BCUT2D eigenvalue weighted by Gasteiger charge is 2.29. The van der Waals surface area contributed by atoms with Gasteiger partial charge >= 0.3 is 0 Å². The lowest BCUT2D eigenvalue weighted by Gasteiger charge is -2.20. The maximum Gasteiger partial charge on any atom is 0.0117 e. The number of rotatable bonds is 3. The lowest BCUT2D eigenvalue weighted by atomic mass is 9.84. The second kappa shape index (κ2) is 3.69. The van der Waals surface area contributed by atoms with Gasteiger partial charge in [-0.15, -0.1) is 0 Å². The topological polar surface area (TPSA) is 0 Å². The third kappa shape index (κ3) is 1.72. The summed E-state index contributed by atoms with van der Waals surface area (Å²) in [6.07, 6.45) is 7.10. The third-order valence-corrected chi connectivity index (χ3v) is 3.01. The smallest absolute Gasteiger partial charge is 0.0117 e. The number of hydrogen-bond donors (Lipinski definition) is 0. The first-order valence-corrected chi connectivity index (χ1v) is 5.43. The van der Waals surface area contributed by atoms with Crippen molar-refractivity contribution in [3.8, 4) is 0 Å². The predicted octanol–water partition coefficient (Wildman–Crippen LogP) is 4.28. The molecule has 0 aromatic carbocycles. The Morgan fingerprint density at radius 2 is 1.62 bits per heavy atom. The minimum absolute atomic E-state index is 0.200. The molecule has 0 amide bonds. The van der Waals surface area contributed by atoms with Crippen molar-refractivity contribution in [2.45, 2.75) is 53.9 Å². The van der Waals surface area contributed by atoms with Crippen LogP contribution in [0.1, 0.15) is 53.9 Å². The minimum atomic E-state index is 0.200. The summed E-state index contributed by atoms with van der Waals surface area (Å²) < 4.78 is 0. The van der Waals surface area contributed by atoms with Crippen molar-refractivity contribution in [3.05, 3.63) is 22.8 Å². The molecule has 1 aliphatic carbocycles. The van der Waals surface area contributed by atoms with E-state index in [2.05, 4.69) is 40.7 Å². The Balaban J connectivity index is 3.12. The fourth-order valence-corrected chi connectivity index (χ4v) is 2.47. The van der Waals surface area contributed by atoms with Crippen LogP contribution in [0.5, 0.6) is 0 Å². The summed E-state index contributed by atoms with van der Waals surface area (Å²) in [6.45, 7) is 11.3. The molecule has 0 N–H and O–H groups in total. The molecule has 0 aromatic heterocycles. The average Bonchev–Trinajstić information content (AvgIpc) is 2.35. The van der Waals surface area contributed by atoms with Crippen LogP contribution in [0.15, 0.2) is 16.7 Å². The highest BCUT2D eigenvalue weighted by atomic mass is 14.3. The molecule has 0 heteroatoms. The van der Waals surface area contributed by atoms with Crippen LogP contribution < -0.4 is 0 Å². The molecule has 0 spiro atoms. The van der Waals surface area contributed by atoms with Gasteiger partial charge < -0.3 is 0 Å². The normalized spacial score (nSPS) is 20.8. The maximum atomic E-state index is 3.62. The molecule has 0 unspecified atom stereocenters. The van der Waals surface area contributed by atoms with Gasteiger partial charge in [0.1, 0.15) is 0 Å². The summed E-state index contributed by atoms with van der Waals surface area (Å²) in [5, 5.41) is 0. The van der Waals surface area contributed by atoms with Crippen LogP contribution in [0, 0.1) is 11.5 Å².